The van der Waals surface area contributed by atoms with Gasteiger partial charge in [0.2, 0.25) is 5.91 Å². The molecule has 0 aromatic heterocycles. The highest BCUT2D eigenvalue weighted by atomic mass is 19.4. The molecule has 0 radical (unpaired) electrons. The fraction of sp³-hybridized carbons (Fsp3) is 0.300. The highest BCUT2D eigenvalue weighted by Crippen LogP contribution is 2.30. The molecule has 2 aromatic carbocycles. The van der Waals surface area contributed by atoms with Gasteiger partial charge in [-0.2, -0.15) is 13.2 Å². The molecule has 0 spiro atoms. The van der Waals surface area contributed by atoms with E-state index >= 15 is 0 Å². The van der Waals surface area contributed by atoms with Crippen molar-refractivity contribution in [3.05, 3.63) is 59.2 Å². The van der Waals surface area contributed by atoms with Crippen molar-refractivity contribution in [3.63, 3.8) is 0 Å². The van der Waals surface area contributed by atoms with Crippen LogP contribution in [0.2, 0.25) is 0 Å². The fourth-order valence-electron chi connectivity index (χ4n) is 2.36. The smallest absolute Gasteiger partial charge is 0.327 e. The lowest BCUT2D eigenvalue weighted by atomic mass is 10.0. The van der Waals surface area contributed by atoms with Crippen molar-refractivity contribution < 1.29 is 22.8 Å². The summed E-state index contributed by atoms with van der Waals surface area (Å²) >= 11 is 0. The van der Waals surface area contributed by atoms with E-state index in [1.54, 1.807) is 26.8 Å². The summed E-state index contributed by atoms with van der Waals surface area (Å²) in [4.78, 5) is 24.7. The van der Waals surface area contributed by atoms with Crippen molar-refractivity contribution in [2.24, 2.45) is 11.7 Å². The Morgan fingerprint density at radius 1 is 1.04 bits per heavy atom. The Bertz CT molecular complexity index is 879. The average molecular weight is 393 g/mol. The standard InChI is InChI=1S/C20H22F3N3O2/c1-11-7-8-14(9-17(11)26-18(27)12(2)13(3)24)19(28)25-16-6-4-5-15(10-16)20(21,22)23/h4-10,12-13H,24H2,1-3H3,(H,25,28)(H,26,27). The first kappa shape index (κ1) is 21.4. The number of aryl methyl sites for hydroxylation is 1. The summed E-state index contributed by atoms with van der Waals surface area (Å²) < 4.78 is 38.4. The van der Waals surface area contributed by atoms with Crippen LogP contribution in [0.4, 0.5) is 24.5 Å². The second-order valence-corrected chi connectivity index (χ2v) is 6.70. The molecule has 150 valence electrons. The molecule has 2 aromatic rings. The number of carbonyl (C=O) groups is 2. The van der Waals surface area contributed by atoms with Crippen LogP contribution in [-0.4, -0.2) is 17.9 Å². The zero-order valence-corrected chi connectivity index (χ0v) is 15.7. The number of hydrogen-bond acceptors (Lipinski definition) is 3. The van der Waals surface area contributed by atoms with Crippen LogP contribution in [0.1, 0.15) is 35.3 Å². The predicted octanol–water partition coefficient (Wildman–Crippen LogP) is 4.19. The number of carbonyl (C=O) groups excluding carboxylic acids is 2. The number of anilines is 2. The third-order valence-corrected chi connectivity index (χ3v) is 4.41. The highest BCUT2D eigenvalue weighted by Gasteiger charge is 2.30. The average Bonchev–Trinajstić information content (AvgIpc) is 2.62. The fourth-order valence-corrected chi connectivity index (χ4v) is 2.36. The monoisotopic (exact) mass is 393 g/mol. The Balaban J connectivity index is 2.20. The van der Waals surface area contributed by atoms with E-state index in [9.17, 15) is 22.8 Å². The lowest BCUT2D eigenvalue weighted by Gasteiger charge is -2.17. The first-order valence-electron chi connectivity index (χ1n) is 8.64. The molecule has 0 aliphatic rings. The molecule has 5 nitrogen and oxygen atoms in total. The quantitative estimate of drug-likeness (QED) is 0.712. The molecule has 2 atom stereocenters. The van der Waals surface area contributed by atoms with E-state index in [1.807, 2.05) is 0 Å². The largest absolute Gasteiger partial charge is 0.416 e. The maximum absolute atomic E-state index is 12.8. The van der Waals surface area contributed by atoms with Gasteiger partial charge in [0.15, 0.2) is 0 Å². The van der Waals surface area contributed by atoms with Gasteiger partial charge in [-0.05, 0) is 49.7 Å². The van der Waals surface area contributed by atoms with Crippen LogP contribution in [0.15, 0.2) is 42.5 Å². The van der Waals surface area contributed by atoms with Gasteiger partial charge in [-0.25, -0.2) is 0 Å². The highest BCUT2D eigenvalue weighted by molar-refractivity contribution is 6.05. The van der Waals surface area contributed by atoms with E-state index < -0.39 is 23.6 Å². The van der Waals surface area contributed by atoms with Crippen molar-refractivity contribution in [1.82, 2.24) is 0 Å². The molecule has 2 amide bonds. The number of halogens is 3. The Labute approximate surface area is 161 Å². The van der Waals surface area contributed by atoms with Gasteiger partial charge in [0.1, 0.15) is 0 Å². The van der Waals surface area contributed by atoms with Gasteiger partial charge in [-0.1, -0.05) is 19.1 Å². The molecule has 0 bridgehead atoms. The summed E-state index contributed by atoms with van der Waals surface area (Å²) in [5.41, 5.74) is 6.28. The summed E-state index contributed by atoms with van der Waals surface area (Å²) in [6.07, 6.45) is -4.50. The van der Waals surface area contributed by atoms with Crippen molar-refractivity contribution >= 4 is 23.2 Å². The summed E-state index contributed by atoms with van der Waals surface area (Å²) in [7, 11) is 0. The van der Waals surface area contributed by atoms with E-state index in [2.05, 4.69) is 10.6 Å². The first-order chi connectivity index (χ1) is 13.0. The van der Waals surface area contributed by atoms with Gasteiger partial charge in [0.25, 0.3) is 5.91 Å². The third kappa shape index (κ3) is 5.32. The predicted molar refractivity (Wildman–Crippen MR) is 102 cm³/mol. The normalized spacial score (nSPS) is 13.5. The Morgan fingerprint density at radius 2 is 1.71 bits per heavy atom. The van der Waals surface area contributed by atoms with E-state index in [0.29, 0.717) is 5.69 Å². The van der Waals surface area contributed by atoms with Crippen LogP contribution in [0.25, 0.3) is 0 Å². The summed E-state index contributed by atoms with van der Waals surface area (Å²) in [5, 5.41) is 5.17. The third-order valence-electron chi connectivity index (χ3n) is 4.41. The van der Waals surface area contributed by atoms with Gasteiger partial charge < -0.3 is 16.4 Å². The SMILES string of the molecule is Cc1ccc(C(=O)Nc2cccc(C(F)(F)F)c2)cc1NC(=O)C(C)C(C)N. The zero-order chi connectivity index (χ0) is 21.1. The van der Waals surface area contributed by atoms with Crippen molar-refractivity contribution in [1.29, 1.82) is 0 Å². The van der Waals surface area contributed by atoms with Crippen LogP contribution >= 0.6 is 0 Å². The molecular formula is C20H22F3N3O2. The summed E-state index contributed by atoms with van der Waals surface area (Å²) in [6.45, 7) is 5.18. The maximum Gasteiger partial charge on any atom is 0.416 e. The number of nitrogens with two attached hydrogens (primary N) is 1. The molecule has 0 heterocycles. The van der Waals surface area contributed by atoms with Crippen LogP contribution in [0, 0.1) is 12.8 Å². The van der Waals surface area contributed by atoms with E-state index in [1.165, 1.54) is 24.3 Å². The first-order valence-corrected chi connectivity index (χ1v) is 8.64. The second kappa shape index (κ2) is 8.43. The molecule has 0 fully saturated rings. The number of rotatable bonds is 5. The number of amides is 2. The minimum atomic E-state index is -4.50. The minimum Gasteiger partial charge on any atom is -0.327 e. The Hall–Kier alpha value is -2.87. The zero-order valence-electron chi connectivity index (χ0n) is 15.7. The Morgan fingerprint density at radius 3 is 2.32 bits per heavy atom. The van der Waals surface area contributed by atoms with Gasteiger partial charge in [-0.3, -0.25) is 9.59 Å². The van der Waals surface area contributed by atoms with Crippen LogP contribution in [0.5, 0.6) is 0 Å². The van der Waals surface area contributed by atoms with Crippen molar-refractivity contribution in [3.8, 4) is 0 Å². The molecule has 0 aliphatic heterocycles. The molecule has 0 saturated carbocycles. The van der Waals surface area contributed by atoms with Crippen molar-refractivity contribution in [2.45, 2.75) is 33.0 Å². The lowest BCUT2D eigenvalue weighted by molar-refractivity contribution is -0.137. The topological polar surface area (TPSA) is 84.2 Å². The number of alkyl halides is 3. The lowest BCUT2D eigenvalue weighted by Crippen LogP contribution is -2.34. The van der Waals surface area contributed by atoms with Gasteiger partial charge >= 0.3 is 6.18 Å². The van der Waals surface area contributed by atoms with Crippen molar-refractivity contribution in [2.75, 3.05) is 10.6 Å². The number of hydrogen-bond donors (Lipinski definition) is 3. The summed E-state index contributed by atoms with van der Waals surface area (Å²) in [5.74, 6) is -1.30. The van der Waals surface area contributed by atoms with Crippen LogP contribution in [-0.2, 0) is 11.0 Å². The minimum absolute atomic E-state index is 0.0246. The molecule has 4 N–H and O–H groups in total. The molecule has 28 heavy (non-hydrogen) atoms. The van der Waals surface area contributed by atoms with Gasteiger partial charge in [0.05, 0.1) is 11.5 Å². The van der Waals surface area contributed by atoms with E-state index in [-0.39, 0.29) is 23.2 Å². The number of nitrogens with one attached hydrogen (secondary N) is 2. The maximum atomic E-state index is 12.8. The Kier molecular flexibility index (Phi) is 6.45. The van der Waals surface area contributed by atoms with Gasteiger partial charge in [0, 0.05) is 23.0 Å². The molecule has 2 rings (SSSR count). The van der Waals surface area contributed by atoms with E-state index in [4.69, 9.17) is 5.73 Å². The molecule has 8 heteroatoms. The van der Waals surface area contributed by atoms with Gasteiger partial charge in [-0.15, -0.1) is 0 Å². The summed E-state index contributed by atoms with van der Waals surface area (Å²) in [6, 6.07) is 8.68. The van der Waals surface area contributed by atoms with Crippen LogP contribution in [0.3, 0.4) is 0 Å². The van der Waals surface area contributed by atoms with Crippen LogP contribution < -0.4 is 16.4 Å². The number of benzene rings is 2. The molecule has 2 unspecified atom stereocenters. The second-order valence-electron chi connectivity index (χ2n) is 6.70. The molecular weight excluding hydrogens is 371 g/mol. The van der Waals surface area contributed by atoms with E-state index in [0.717, 1.165) is 17.7 Å². The molecule has 0 saturated heterocycles. The molecule has 0 aliphatic carbocycles.